The van der Waals surface area contributed by atoms with Gasteiger partial charge >= 0.3 is 0 Å². The molecule has 1 fully saturated rings. The number of aliphatic hydroxyl groups is 1. The third kappa shape index (κ3) is 6.36. The molecule has 0 spiro atoms. The summed E-state index contributed by atoms with van der Waals surface area (Å²) in [5.41, 5.74) is -0.165. The first kappa shape index (κ1) is 22.1. The van der Waals surface area contributed by atoms with Crippen molar-refractivity contribution in [3.8, 4) is 0 Å². The quantitative estimate of drug-likeness (QED) is 0.754. The summed E-state index contributed by atoms with van der Waals surface area (Å²) in [5, 5.41) is 13.2. The lowest BCUT2D eigenvalue weighted by molar-refractivity contribution is 0.0733. The van der Waals surface area contributed by atoms with E-state index < -0.39 is 15.4 Å². The molecule has 0 aliphatic carbocycles. The summed E-state index contributed by atoms with van der Waals surface area (Å²) in [6, 6.07) is 0. The molecule has 9 heteroatoms. The van der Waals surface area contributed by atoms with Crippen LogP contribution < -0.4 is 10.2 Å². The number of piperidine rings is 1. The number of nitrogens with one attached hydrogen (secondary N) is 1. The lowest BCUT2D eigenvalue weighted by atomic mass is 9.96. The molecule has 1 unspecified atom stereocenters. The Morgan fingerprint density at radius 3 is 2.64 bits per heavy atom. The van der Waals surface area contributed by atoms with Crippen molar-refractivity contribution in [2.45, 2.75) is 49.5 Å². The smallest absolute Gasteiger partial charge is 0.225 e. The van der Waals surface area contributed by atoms with Crippen LogP contribution in [0.4, 0.5) is 5.95 Å². The maximum atomic E-state index is 12.1. The zero-order chi connectivity index (χ0) is 18.0. The molecule has 2 rings (SSSR count). The molecule has 144 valence electrons. The topological polar surface area (TPSA) is 95.4 Å². The summed E-state index contributed by atoms with van der Waals surface area (Å²) < 4.78 is 24.2. The number of rotatable bonds is 6. The van der Waals surface area contributed by atoms with Gasteiger partial charge in [0.25, 0.3) is 0 Å². The average Bonchev–Trinajstić information content (AvgIpc) is 2.51. The van der Waals surface area contributed by atoms with Gasteiger partial charge in [-0.1, -0.05) is 0 Å². The van der Waals surface area contributed by atoms with E-state index in [2.05, 4.69) is 15.3 Å². The van der Waals surface area contributed by atoms with Gasteiger partial charge in [-0.05, 0) is 39.7 Å². The molecule has 1 atom stereocenters. The summed E-state index contributed by atoms with van der Waals surface area (Å²) in [6.45, 7) is 5.78. The van der Waals surface area contributed by atoms with Crippen LogP contribution in [0.3, 0.4) is 0 Å². The number of anilines is 1. The van der Waals surface area contributed by atoms with Crippen LogP contribution in [0.25, 0.3) is 0 Å². The average molecular weight is 393 g/mol. The van der Waals surface area contributed by atoms with E-state index in [0.29, 0.717) is 24.6 Å². The van der Waals surface area contributed by atoms with E-state index in [4.69, 9.17) is 0 Å². The SMILES string of the molecule is CN(CCC(C)(C)O)c1ncc(S(C)(=O)=O)c(C2CCCNC2)n1.Cl. The molecule has 2 N–H and O–H groups in total. The molecule has 1 saturated heterocycles. The van der Waals surface area contributed by atoms with E-state index in [1.807, 2.05) is 11.9 Å². The molecule has 1 aliphatic rings. The zero-order valence-electron chi connectivity index (χ0n) is 15.3. The zero-order valence-corrected chi connectivity index (χ0v) is 17.0. The number of hydrogen-bond acceptors (Lipinski definition) is 7. The first-order valence-corrected chi connectivity index (χ1v) is 10.2. The molecule has 2 heterocycles. The Kier molecular flexibility index (Phi) is 7.61. The normalized spacial score (nSPS) is 18.5. The van der Waals surface area contributed by atoms with Gasteiger partial charge in [0.2, 0.25) is 5.95 Å². The van der Waals surface area contributed by atoms with E-state index in [1.165, 1.54) is 12.5 Å². The van der Waals surface area contributed by atoms with Gasteiger partial charge in [-0.2, -0.15) is 0 Å². The Hall–Kier alpha value is -0.960. The van der Waals surface area contributed by atoms with Crippen LogP contribution in [0, 0.1) is 0 Å². The van der Waals surface area contributed by atoms with Crippen molar-refractivity contribution in [3.63, 3.8) is 0 Å². The summed E-state index contributed by atoms with van der Waals surface area (Å²) in [6.07, 6.45) is 5.10. The number of nitrogens with zero attached hydrogens (tertiary/aromatic N) is 3. The van der Waals surface area contributed by atoms with Gasteiger partial charge in [0.05, 0.1) is 17.5 Å². The standard InChI is InChI=1S/C16H28N4O3S.ClH/c1-16(2,21)7-9-20(3)15-18-11-13(24(4,22)23)14(19-15)12-6-5-8-17-10-12;/h11-12,17,21H,5-10H2,1-4H3;1H. The van der Waals surface area contributed by atoms with Crippen molar-refractivity contribution in [1.82, 2.24) is 15.3 Å². The molecule has 0 aromatic carbocycles. The Morgan fingerprint density at radius 2 is 2.12 bits per heavy atom. The second-order valence-electron chi connectivity index (χ2n) is 7.22. The Bertz CT molecular complexity index is 670. The third-order valence-electron chi connectivity index (χ3n) is 4.25. The van der Waals surface area contributed by atoms with Crippen LogP contribution in [0.1, 0.15) is 44.7 Å². The molecule has 0 amide bonds. The number of aromatic nitrogens is 2. The van der Waals surface area contributed by atoms with Crippen molar-refractivity contribution < 1.29 is 13.5 Å². The minimum absolute atomic E-state index is 0. The minimum atomic E-state index is -3.37. The van der Waals surface area contributed by atoms with E-state index >= 15 is 0 Å². The van der Waals surface area contributed by atoms with Crippen molar-refractivity contribution >= 4 is 28.2 Å². The van der Waals surface area contributed by atoms with Crippen LogP contribution in [-0.4, -0.2) is 62.0 Å². The fourth-order valence-corrected chi connectivity index (χ4v) is 3.60. The monoisotopic (exact) mass is 392 g/mol. The van der Waals surface area contributed by atoms with Crippen molar-refractivity contribution in [3.05, 3.63) is 11.9 Å². The Balaban J connectivity index is 0.00000312. The first-order valence-electron chi connectivity index (χ1n) is 8.29. The molecule has 1 aromatic heterocycles. The lowest BCUT2D eigenvalue weighted by Gasteiger charge is -2.26. The summed E-state index contributed by atoms with van der Waals surface area (Å²) >= 11 is 0. The molecule has 7 nitrogen and oxygen atoms in total. The van der Waals surface area contributed by atoms with Crippen LogP contribution in [0.2, 0.25) is 0 Å². The molecular weight excluding hydrogens is 364 g/mol. The second-order valence-corrected chi connectivity index (χ2v) is 9.20. The second kappa shape index (κ2) is 8.62. The van der Waals surface area contributed by atoms with Crippen LogP contribution >= 0.6 is 12.4 Å². The highest BCUT2D eigenvalue weighted by molar-refractivity contribution is 7.90. The molecule has 0 bridgehead atoms. The molecule has 25 heavy (non-hydrogen) atoms. The van der Waals surface area contributed by atoms with Crippen LogP contribution in [-0.2, 0) is 9.84 Å². The number of sulfone groups is 1. The van der Waals surface area contributed by atoms with E-state index in [0.717, 1.165) is 25.9 Å². The highest BCUT2D eigenvalue weighted by Crippen LogP contribution is 2.28. The largest absolute Gasteiger partial charge is 0.390 e. The van der Waals surface area contributed by atoms with E-state index in [-0.39, 0.29) is 23.2 Å². The van der Waals surface area contributed by atoms with Gasteiger partial charge in [0.1, 0.15) is 4.90 Å². The fraction of sp³-hybridized carbons (Fsp3) is 0.750. The predicted molar refractivity (Wildman–Crippen MR) is 101 cm³/mol. The molecule has 1 aliphatic heterocycles. The fourth-order valence-electron chi connectivity index (χ4n) is 2.76. The van der Waals surface area contributed by atoms with Gasteiger partial charge in [-0.25, -0.2) is 18.4 Å². The van der Waals surface area contributed by atoms with E-state index in [9.17, 15) is 13.5 Å². The molecule has 0 radical (unpaired) electrons. The van der Waals surface area contributed by atoms with Crippen LogP contribution in [0.15, 0.2) is 11.1 Å². The highest BCUT2D eigenvalue weighted by atomic mass is 35.5. The van der Waals surface area contributed by atoms with Gasteiger partial charge in [0.15, 0.2) is 9.84 Å². The summed E-state index contributed by atoms with van der Waals surface area (Å²) in [7, 11) is -1.52. The van der Waals surface area contributed by atoms with Gasteiger partial charge < -0.3 is 15.3 Å². The maximum absolute atomic E-state index is 12.1. The number of hydrogen-bond donors (Lipinski definition) is 2. The maximum Gasteiger partial charge on any atom is 0.225 e. The highest BCUT2D eigenvalue weighted by Gasteiger charge is 2.26. The first-order chi connectivity index (χ1) is 11.1. The summed E-state index contributed by atoms with van der Waals surface area (Å²) in [5.74, 6) is 0.570. The van der Waals surface area contributed by atoms with Crippen molar-refractivity contribution in [1.29, 1.82) is 0 Å². The van der Waals surface area contributed by atoms with Gasteiger partial charge in [-0.3, -0.25) is 0 Å². The molecule has 0 saturated carbocycles. The lowest BCUT2D eigenvalue weighted by Crippen LogP contribution is -2.32. The van der Waals surface area contributed by atoms with Crippen LogP contribution in [0.5, 0.6) is 0 Å². The molecular formula is C16H29ClN4O3S. The minimum Gasteiger partial charge on any atom is -0.390 e. The van der Waals surface area contributed by atoms with E-state index in [1.54, 1.807) is 13.8 Å². The predicted octanol–water partition coefficient (Wildman–Crippen LogP) is 1.37. The van der Waals surface area contributed by atoms with Gasteiger partial charge in [-0.15, -0.1) is 12.4 Å². The third-order valence-corrected chi connectivity index (χ3v) is 5.37. The Morgan fingerprint density at radius 1 is 1.44 bits per heavy atom. The van der Waals surface area contributed by atoms with Crippen molar-refractivity contribution in [2.75, 3.05) is 37.8 Å². The van der Waals surface area contributed by atoms with Gasteiger partial charge in [0, 0.05) is 32.3 Å². The Labute approximate surface area is 156 Å². The summed E-state index contributed by atoms with van der Waals surface area (Å²) in [4.78, 5) is 10.9. The van der Waals surface area contributed by atoms with Crippen molar-refractivity contribution in [2.24, 2.45) is 0 Å². The molecule has 1 aromatic rings. The number of halogens is 1.